The van der Waals surface area contributed by atoms with Crippen LogP contribution in [0.3, 0.4) is 0 Å². The molecule has 0 spiro atoms. The molecule has 1 aliphatic rings. The van der Waals surface area contributed by atoms with Gasteiger partial charge in [-0.05, 0) is 101 Å². The molecule has 1 aromatic heterocycles. The van der Waals surface area contributed by atoms with Crippen molar-refractivity contribution >= 4 is 50.1 Å². The van der Waals surface area contributed by atoms with Crippen molar-refractivity contribution in [1.29, 1.82) is 0 Å². The molecule has 6 rings (SSSR count). The Balaban J connectivity index is 1.40. The monoisotopic (exact) mass is 726 g/mol. The Hall–Kier alpha value is -4.67. The highest BCUT2D eigenvalue weighted by atomic mass is 79.9. The van der Waals surface area contributed by atoms with Crippen LogP contribution >= 0.6 is 27.3 Å². The number of halogens is 1. The highest BCUT2D eigenvalue weighted by Gasteiger charge is 2.33. The van der Waals surface area contributed by atoms with Crippen molar-refractivity contribution in [3.05, 3.63) is 131 Å². The molecule has 4 aromatic carbocycles. The Morgan fingerprint density at radius 1 is 0.938 bits per heavy atom. The summed E-state index contributed by atoms with van der Waals surface area (Å²) in [6.45, 7) is 8.87. The second kappa shape index (κ2) is 14.6. The van der Waals surface area contributed by atoms with Gasteiger partial charge < -0.3 is 18.9 Å². The van der Waals surface area contributed by atoms with Crippen molar-refractivity contribution in [2.75, 3.05) is 19.8 Å². The molecule has 0 radical (unpaired) electrons. The molecular formula is C38H35BrN2O6S. The van der Waals surface area contributed by atoms with Crippen LogP contribution in [0.4, 0.5) is 0 Å². The van der Waals surface area contributed by atoms with E-state index in [1.807, 2.05) is 74.5 Å². The summed E-state index contributed by atoms with van der Waals surface area (Å²) >= 11 is 4.96. The van der Waals surface area contributed by atoms with Gasteiger partial charge in [-0.15, -0.1) is 0 Å². The van der Waals surface area contributed by atoms with Crippen LogP contribution < -0.4 is 29.1 Å². The number of hydrogen-bond donors (Lipinski definition) is 0. The fraction of sp³-hybridized carbons (Fsp3) is 0.237. The Labute approximate surface area is 290 Å². The fourth-order valence-corrected chi connectivity index (χ4v) is 7.43. The number of fused-ring (bicyclic) bond motifs is 2. The minimum atomic E-state index is -0.714. The van der Waals surface area contributed by atoms with Crippen LogP contribution in [0.5, 0.6) is 17.2 Å². The van der Waals surface area contributed by atoms with Gasteiger partial charge in [0.2, 0.25) is 0 Å². The lowest BCUT2D eigenvalue weighted by Crippen LogP contribution is -2.39. The summed E-state index contributed by atoms with van der Waals surface area (Å²) in [6, 6.07) is 24.8. The third kappa shape index (κ3) is 6.68. The van der Waals surface area contributed by atoms with E-state index < -0.39 is 12.0 Å². The maximum Gasteiger partial charge on any atom is 0.338 e. The van der Waals surface area contributed by atoms with E-state index in [0.717, 1.165) is 27.5 Å². The molecule has 0 amide bonds. The third-order valence-corrected chi connectivity index (χ3v) is 9.48. The molecule has 246 valence electrons. The predicted octanol–water partition coefficient (Wildman–Crippen LogP) is 7.09. The molecule has 0 fully saturated rings. The highest BCUT2D eigenvalue weighted by molar-refractivity contribution is 9.10. The van der Waals surface area contributed by atoms with Crippen LogP contribution in [0.2, 0.25) is 0 Å². The van der Waals surface area contributed by atoms with E-state index in [2.05, 4.69) is 40.2 Å². The van der Waals surface area contributed by atoms with Gasteiger partial charge in [0.15, 0.2) is 16.3 Å². The van der Waals surface area contributed by atoms with Crippen molar-refractivity contribution in [1.82, 2.24) is 4.57 Å². The molecule has 1 atom stereocenters. The molecule has 5 aromatic rings. The van der Waals surface area contributed by atoms with Crippen LogP contribution in [-0.4, -0.2) is 30.4 Å². The lowest BCUT2D eigenvalue weighted by atomic mass is 9.96. The van der Waals surface area contributed by atoms with Gasteiger partial charge in [-0.25, -0.2) is 9.79 Å². The number of benzene rings is 4. The van der Waals surface area contributed by atoms with Gasteiger partial charge in [0, 0.05) is 0 Å². The van der Waals surface area contributed by atoms with Crippen molar-refractivity contribution in [3.63, 3.8) is 0 Å². The van der Waals surface area contributed by atoms with Gasteiger partial charge in [0.25, 0.3) is 5.56 Å². The van der Waals surface area contributed by atoms with E-state index >= 15 is 0 Å². The minimum Gasteiger partial charge on any atom is -0.494 e. The predicted molar refractivity (Wildman–Crippen MR) is 192 cm³/mol. The molecule has 0 aliphatic carbocycles. The number of allylic oxidation sites excluding steroid dienone is 1. The first-order chi connectivity index (χ1) is 23.3. The molecule has 0 bridgehead atoms. The number of carbonyl (C=O) groups is 1. The molecule has 0 saturated carbocycles. The molecule has 48 heavy (non-hydrogen) atoms. The molecular weight excluding hydrogens is 692 g/mol. The third-order valence-electron chi connectivity index (χ3n) is 7.91. The molecule has 1 unspecified atom stereocenters. The minimum absolute atomic E-state index is 0.203. The number of carbonyl (C=O) groups excluding carboxylic acids is 1. The zero-order chi connectivity index (χ0) is 33.8. The van der Waals surface area contributed by atoms with Gasteiger partial charge in [0.1, 0.15) is 12.4 Å². The van der Waals surface area contributed by atoms with E-state index in [0.29, 0.717) is 62.1 Å². The molecule has 0 N–H and O–H groups in total. The Bertz CT molecular complexity index is 2200. The van der Waals surface area contributed by atoms with Crippen LogP contribution in [0, 0.1) is 0 Å². The average molecular weight is 728 g/mol. The van der Waals surface area contributed by atoms with Crippen molar-refractivity contribution in [2.24, 2.45) is 4.99 Å². The topological polar surface area (TPSA) is 88.4 Å². The largest absolute Gasteiger partial charge is 0.494 e. The Kier molecular flexibility index (Phi) is 10.1. The molecule has 1 aliphatic heterocycles. The summed E-state index contributed by atoms with van der Waals surface area (Å²) < 4.78 is 26.1. The van der Waals surface area contributed by atoms with E-state index in [9.17, 15) is 9.59 Å². The van der Waals surface area contributed by atoms with Crippen LogP contribution in [0.1, 0.15) is 50.4 Å². The first-order valence-corrected chi connectivity index (χ1v) is 17.4. The Morgan fingerprint density at radius 2 is 1.69 bits per heavy atom. The van der Waals surface area contributed by atoms with Gasteiger partial charge in [-0.3, -0.25) is 9.36 Å². The quantitative estimate of drug-likeness (QED) is 0.135. The molecule has 0 saturated heterocycles. The smallest absolute Gasteiger partial charge is 0.338 e. The number of esters is 1. The molecule has 8 nitrogen and oxygen atoms in total. The number of ether oxygens (including phenoxy) is 4. The summed E-state index contributed by atoms with van der Waals surface area (Å²) in [5.74, 6) is 1.33. The fourth-order valence-electron chi connectivity index (χ4n) is 5.81. The second-order valence-electron chi connectivity index (χ2n) is 11.0. The lowest BCUT2D eigenvalue weighted by molar-refractivity contribution is -0.139. The van der Waals surface area contributed by atoms with Crippen LogP contribution in [0.25, 0.3) is 16.8 Å². The number of rotatable bonds is 11. The molecule has 10 heteroatoms. The first-order valence-electron chi connectivity index (χ1n) is 15.8. The Morgan fingerprint density at radius 3 is 2.44 bits per heavy atom. The average Bonchev–Trinajstić information content (AvgIpc) is 3.38. The SMILES string of the molecule is CCOC(=O)C1=C(C)N=c2s/c(=C\c3cc(Br)c(OCc4cccc5ccccc45)c(OCC)c3)c(=O)n2C1c1ccc(OCC)cc1. The van der Waals surface area contributed by atoms with E-state index in [1.165, 1.54) is 11.3 Å². The van der Waals surface area contributed by atoms with Crippen molar-refractivity contribution in [3.8, 4) is 17.2 Å². The summed E-state index contributed by atoms with van der Waals surface area (Å²) in [5.41, 5.74) is 3.12. The number of nitrogens with zero attached hydrogens (tertiary/aromatic N) is 2. The second-order valence-corrected chi connectivity index (χ2v) is 12.9. The van der Waals surface area contributed by atoms with Gasteiger partial charge in [-0.2, -0.15) is 0 Å². The summed E-state index contributed by atoms with van der Waals surface area (Å²) in [6.07, 6.45) is 1.81. The maximum absolute atomic E-state index is 14.1. The summed E-state index contributed by atoms with van der Waals surface area (Å²) in [7, 11) is 0. The van der Waals surface area contributed by atoms with Crippen molar-refractivity contribution < 1.29 is 23.7 Å². The first kappa shape index (κ1) is 33.2. The summed E-state index contributed by atoms with van der Waals surface area (Å²) in [4.78, 5) is 32.6. The zero-order valence-electron chi connectivity index (χ0n) is 27.1. The van der Waals surface area contributed by atoms with E-state index in [4.69, 9.17) is 23.9 Å². The number of aromatic nitrogens is 1. The number of thiazole rings is 1. The van der Waals surface area contributed by atoms with Crippen LogP contribution in [-0.2, 0) is 16.1 Å². The standard InChI is InChI=1S/C38H35BrN2O6S/c1-5-44-28-17-15-26(16-18-28)34-33(37(43)46-7-3)23(4)40-38-41(34)36(42)32(48-38)21-24-19-30(39)35(31(20-24)45-6-2)47-22-27-13-10-12-25-11-8-9-14-29(25)27/h8-21,34H,5-7,22H2,1-4H3/b32-21-. The maximum atomic E-state index is 14.1. The lowest BCUT2D eigenvalue weighted by Gasteiger charge is -2.24. The number of hydrogen-bond acceptors (Lipinski definition) is 8. The van der Waals surface area contributed by atoms with Gasteiger partial charge >= 0.3 is 5.97 Å². The van der Waals surface area contributed by atoms with E-state index in [1.54, 1.807) is 18.4 Å². The van der Waals surface area contributed by atoms with Gasteiger partial charge in [-0.1, -0.05) is 65.9 Å². The van der Waals surface area contributed by atoms with E-state index in [-0.39, 0.29) is 12.2 Å². The normalized spacial score (nSPS) is 14.4. The molecule has 2 heterocycles. The highest BCUT2D eigenvalue weighted by Crippen LogP contribution is 2.38. The zero-order valence-corrected chi connectivity index (χ0v) is 29.5. The van der Waals surface area contributed by atoms with Crippen molar-refractivity contribution in [2.45, 2.75) is 40.3 Å². The van der Waals surface area contributed by atoms with Gasteiger partial charge in [0.05, 0.1) is 46.1 Å². The summed E-state index contributed by atoms with van der Waals surface area (Å²) in [5, 5.41) is 2.28. The van der Waals surface area contributed by atoms with Crippen LogP contribution in [0.15, 0.2) is 104 Å².